The number of aromatic nitrogens is 1. The highest BCUT2D eigenvalue weighted by atomic mass is 16.4. The predicted octanol–water partition coefficient (Wildman–Crippen LogP) is 0.495. The van der Waals surface area contributed by atoms with Gasteiger partial charge in [0, 0.05) is 26.0 Å². The average molecular weight is 249 g/mol. The van der Waals surface area contributed by atoms with Crippen LogP contribution in [0.25, 0.3) is 0 Å². The van der Waals surface area contributed by atoms with Crippen LogP contribution in [0, 0.1) is 0 Å². The van der Waals surface area contributed by atoms with Gasteiger partial charge in [-0.15, -0.1) is 0 Å². The zero-order valence-corrected chi connectivity index (χ0v) is 10.1. The van der Waals surface area contributed by atoms with Crippen LogP contribution < -0.4 is 10.2 Å². The van der Waals surface area contributed by atoms with Crippen LogP contribution in [0.4, 0.5) is 5.69 Å². The van der Waals surface area contributed by atoms with Gasteiger partial charge in [-0.2, -0.15) is 0 Å². The van der Waals surface area contributed by atoms with Crippen molar-refractivity contribution in [1.29, 1.82) is 0 Å². The Morgan fingerprint density at radius 1 is 1.56 bits per heavy atom. The van der Waals surface area contributed by atoms with E-state index in [0.717, 1.165) is 12.8 Å². The molecule has 2 rings (SSSR count). The standard InChI is InChI=1S/C12H15N3O3/c1-13-11(16)10-3-2-6-15(10)9-4-5-14-7-8(9)12(17)18/h4-5,7,10H,2-3,6H2,1H3,(H,13,16)(H,17,18). The van der Waals surface area contributed by atoms with Crippen molar-refractivity contribution in [3.05, 3.63) is 24.0 Å². The topological polar surface area (TPSA) is 82.5 Å². The van der Waals surface area contributed by atoms with Crippen LogP contribution in [0.2, 0.25) is 0 Å². The number of nitrogens with zero attached hydrogens (tertiary/aromatic N) is 2. The van der Waals surface area contributed by atoms with Crippen molar-refractivity contribution in [2.24, 2.45) is 0 Å². The molecule has 96 valence electrons. The third kappa shape index (κ3) is 2.13. The summed E-state index contributed by atoms with van der Waals surface area (Å²) in [6, 6.07) is 1.35. The van der Waals surface area contributed by atoms with Gasteiger partial charge in [0.2, 0.25) is 5.91 Å². The van der Waals surface area contributed by atoms with E-state index < -0.39 is 5.97 Å². The first kappa shape index (κ1) is 12.3. The maximum Gasteiger partial charge on any atom is 0.339 e. The van der Waals surface area contributed by atoms with Crippen molar-refractivity contribution >= 4 is 17.6 Å². The number of carbonyl (C=O) groups is 2. The number of carboxylic acids is 1. The molecule has 1 aromatic heterocycles. The van der Waals surface area contributed by atoms with Gasteiger partial charge in [-0.25, -0.2) is 4.79 Å². The maximum atomic E-state index is 11.8. The normalized spacial score (nSPS) is 18.7. The summed E-state index contributed by atoms with van der Waals surface area (Å²) < 4.78 is 0. The molecule has 0 radical (unpaired) electrons. The molecule has 1 aliphatic heterocycles. The molecule has 0 aliphatic carbocycles. The summed E-state index contributed by atoms with van der Waals surface area (Å²) in [7, 11) is 1.59. The van der Waals surface area contributed by atoms with E-state index in [1.54, 1.807) is 19.3 Å². The highest BCUT2D eigenvalue weighted by Crippen LogP contribution is 2.28. The fourth-order valence-electron chi connectivity index (χ4n) is 2.30. The Morgan fingerprint density at radius 3 is 3.00 bits per heavy atom. The molecular weight excluding hydrogens is 234 g/mol. The van der Waals surface area contributed by atoms with E-state index in [4.69, 9.17) is 5.11 Å². The van der Waals surface area contributed by atoms with E-state index >= 15 is 0 Å². The van der Waals surface area contributed by atoms with Gasteiger partial charge in [0.15, 0.2) is 0 Å². The van der Waals surface area contributed by atoms with Gasteiger partial charge in [-0.05, 0) is 18.9 Å². The number of nitrogens with one attached hydrogen (secondary N) is 1. The minimum atomic E-state index is -1.03. The van der Waals surface area contributed by atoms with Crippen LogP contribution in [0.5, 0.6) is 0 Å². The molecule has 18 heavy (non-hydrogen) atoms. The van der Waals surface area contributed by atoms with Crippen LogP contribution in [-0.4, -0.2) is 41.6 Å². The van der Waals surface area contributed by atoms with Crippen molar-refractivity contribution in [1.82, 2.24) is 10.3 Å². The van der Waals surface area contributed by atoms with E-state index in [0.29, 0.717) is 12.2 Å². The minimum absolute atomic E-state index is 0.0827. The lowest BCUT2D eigenvalue weighted by Gasteiger charge is -2.26. The van der Waals surface area contributed by atoms with Gasteiger partial charge >= 0.3 is 5.97 Å². The van der Waals surface area contributed by atoms with Crippen molar-refractivity contribution in [2.75, 3.05) is 18.5 Å². The van der Waals surface area contributed by atoms with E-state index in [9.17, 15) is 9.59 Å². The third-order valence-corrected chi connectivity index (χ3v) is 3.14. The number of carbonyl (C=O) groups excluding carboxylic acids is 1. The van der Waals surface area contributed by atoms with E-state index in [1.165, 1.54) is 6.20 Å². The Kier molecular flexibility index (Phi) is 3.45. The summed E-state index contributed by atoms with van der Waals surface area (Å²) in [6.07, 6.45) is 4.47. The molecule has 1 aliphatic rings. The zero-order valence-electron chi connectivity index (χ0n) is 10.1. The van der Waals surface area contributed by atoms with E-state index in [2.05, 4.69) is 10.3 Å². The number of amides is 1. The lowest BCUT2D eigenvalue weighted by molar-refractivity contribution is -0.121. The average Bonchev–Trinajstić information content (AvgIpc) is 2.86. The fraction of sp³-hybridized carbons (Fsp3) is 0.417. The molecule has 0 aromatic carbocycles. The first-order chi connectivity index (χ1) is 8.65. The summed E-state index contributed by atoms with van der Waals surface area (Å²) in [5, 5.41) is 11.8. The summed E-state index contributed by atoms with van der Waals surface area (Å²) >= 11 is 0. The molecule has 1 unspecified atom stereocenters. The molecule has 2 heterocycles. The molecule has 6 nitrogen and oxygen atoms in total. The van der Waals surface area contributed by atoms with Gasteiger partial charge in [0.05, 0.1) is 5.69 Å². The van der Waals surface area contributed by atoms with Crippen molar-refractivity contribution in [2.45, 2.75) is 18.9 Å². The number of aromatic carboxylic acids is 1. The number of rotatable bonds is 3. The van der Waals surface area contributed by atoms with Gasteiger partial charge in [0.25, 0.3) is 0 Å². The smallest absolute Gasteiger partial charge is 0.339 e. The van der Waals surface area contributed by atoms with E-state index in [1.807, 2.05) is 4.90 Å². The summed E-state index contributed by atoms with van der Waals surface area (Å²) in [6.45, 7) is 0.683. The molecule has 6 heteroatoms. The fourth-order valence-corrected chi connectivity index (χ4v) is 2.30. The molecular formula is C12H15N3O3. The molecule has 1 fully saturated rings. The Morgan fingerprint density at radius 2 is 2.33 bits per heavy atom. The lowest BCUT2D eigenvalue weighted by atomic mass is 10.1. The zero-order chi connectivity index (χ0) is 13.1. The third-order valence-electron chi connectivity index (χ3n) is 3.14. The highest BCUT2D eigenvalue weighted by molar-refractivity contribution is 5.95. The number of hydrogen-bond acceptors (Lipinski definition) is 4. The molecule has 2 N–H and O–H groups in total. The van der Waals surface area contributed by atoms with Crippen LogP contribution >= 0.6 is 0 Å². The Bertz CT molecular complexity index is 475. The number of pyridine rings is 1. The molecule has 1 aromatic rings. The van der Waals surface area contributed by atoms with Gasteiger partial charge in [-0.1, -0.05) is 0 Å². The van der Waals surface area contributed by atoms with Crippen LogP contribution in [0.1, 0.15) is 23.2 Å². The number of carboxylic acid groups (broad SMARTS) is 1. The molecule has 1 atom stereocenters. The predicted molar refractivity (Wildman–Crippen MR) is 65.6 cm³/mol. The van der Waals surface area contributed by atoms with Gasteiger partial charge in [-0.3, -0.25) is 9.78 Å². The van der Waals surface area contributed by atoms with Gasteiger partial charge < -0.3 is 15.3 Å². The highest BCUT2D eigenvalue weighted by Gasteiger charge is 2.32. The van der Waals surface area contributed by atoms with Crippen molar-refractivity contribution in [3.8, 4) is 0 Å². The van der Waals surface area contributed by atoms with Crippen LogP contribution in [-0.2, 0) is 4.79 Å². The second kappa shape index (κ2) is 5.03. The Balaban J connectivity index is 2.36. The Labute approximate surface area is 105 Å². The molecule has 1 saturated heterocycles. The SMILES string of the molecule is CNC(=O)C1CCCN1c1ccncc1C(=O)O. The van der Waals surface area contributed by atoms with Crippen molar-refractivity contribution in [3.63, 3.8) is 0 Å². The maximum absolute atomic E-state index is 11.8. The molecule has 0 bridgehead atoms. The molecule has 1 amide bonds. The number of anilines is 1. The van der Waals surface area contributed by atoms with Crippen molar-refractivity contribution < 1.29 is 14.7 Å². The second-order valence-corrected chi connectivity index (χ2v) is 4.16. The molecule has 0 saturated carbocycles. The van der Waals surface area contributed by atoms with Crippen LogP contribution in [0.3, 0.4) is 0 Å². The van der Waals surface area contributed by atoms with Crippen LogP contribution in [0.15, 0.2) is 18.5 Å². The molecule has 0 spiro atoms. The monoisotopic (exact) mass is 249 g/mol. The quantitative estimate of drug-likeness (QED) is 0.815. The summed E-state index contributed by atoms with van der Waals surface area (Å²) in [5.74, 6) is -1.11. The lowest BCUT2D eigenvalue weighted by Crippen LogP contribution is -2.42. The number of hydrogen-bond donors (Lipinski definition) is 2. The minimum Gasteiger partial charge on any atom is -0.478 e. The Hall–Kier alpha value is -2.11. The first-order valence-electron chi connectivity index (χ1n) is 5.80. The summed E-state index contributed by atoms with van der Waals surface area (Å²) in [4.78, 5) is 28.6. The number of likely N-dealkylation sites (N-methyl/N-ethyl adjacent to an activating group) is 1. The first-order valence-corrected chi connectivity index (χ1v) is 5.80. The van der Waals surface area contributed by atoms with Gasteiger partial charge in [0.1, 0.15) is 11.6 Å². The van der Waals surface area contributed by atoms with E-state index in [-0.39, 0.29) is 17.5 Å². The largest absolute Gasteiger partial charge is 0.478 e. The summed E-state index contributed by atoms with van der Waals surface area (Å²) in [5.41, 5.74) is 0.692. The second-order valence-electron chi connectivity index (χ2n) is 4.16.